The first kappa shape index (κ1) is 14.2. The Morgan fingerprint density at radius 1 is 1.33 bits per heavy atom. The molecule has 2 heterocycles. The lowest BCUT2D eigenvalue weighted by Crippen LogP contribution is -2.36. The number of hydrogen-bond acceptors (Lipinski definition) is 5. The van der Waals surface area contributed by atoms with E-state index in [9.17, 15) is 5.11 Å². The quantitative estimate of drug-likeness (QED) is 0.934. The van der Waals surface area contributed by atoms with Crippen LogP contribution in [0.25, 0.3) is 11.5 Å². The molecule has 1 saturated heterocycles. The lowest BCUT2D eigenvalue weighted by atomic mass is 9.99. The number of aliphatic hydroxyl groups excluding tert-OH is 1. The van der Waals surface area contributed by atoms with Crippen LogP contribution in [0.2, 0.25) is 0 Å². The summed E-state index contributed by atoms with van der Waals surface area (Å²) < 4.78 is 5.35. The summed E-state index contributed by atoms with van der Waals surface area (Å²) in [5.41, 5.74) is 2.16. The van der Waals surface area contributed by atoms with E-state index < -0.39 is 0 Å². The molecule has 2 aromatic rings. The Balaban J connectivity index is 1.66. The summed E-state index contributed by atoms with van der Waals surface area (Å²) >= 11 is 0. The van der Waals surface area contributed by atoms with E-state index in [0.717, 1.165) is 31.5 Å². The van der Waals surface area contributed by atoms with Gasteiger partial charge in [0.15, 0.2) is 5.82 Å². The lowest BCUT2D eigenvalue weighted by molar-refractivity contribution is 0.113. The molecule has 0 bridgehead atoms. The minimum atomic E-state index is 0.261. The highest BCUT2D eigenvalue weighted by atomic mass is 16.5. The van der Waals surface area contributed by atoms with Gasteiger partial charge in [0, 0.05) is 18.7 Å². The van der Waals surface area contributed by atoms with Crippen molar-refractivity contribution in [3.8, 4) is 11.5 Å². The maximum atomic E-state index is 9.27. The van der Waals surface area contributed by atoms with Crippen molar-refractivity contribution in [2.75, 3.05) is 19.7 Å². The van der Waals surface area contributed by atoms with Gasteiger partial charge in [0.05, 0.1) is 6.54 Å². The van der Waals surface area contributed by atoms with Crippen molar-refractivity contribution in [1.82, 2.24) is 15.0 Å². The van der Waals surface area contributed by atoms with Crippen molar-refractivity contribution in [2.45, 2.75) is 26.3 Å². The number of aliphatic hydroxyl groups is 1. The summed E-state index contributed by atoms with van der Waals surface area (Å²) in [6, 6.07) is 8.07. The fourth-order valence-corrected chi connectivity index (χ4v) is 2.78. The van der Waals surface area contributed by atoms with Crippen LogP contribution in [0.1, 0.15) is 24.2 Å². The van der Waals surface area contributed by atoms with E-state index >= 15 is 0 Å². The first-order valence-corrected chi connectivity index (χ1v) is 7.47. The van der Waals surface area contributed by atoms with Crippen molar-refractivity contribution < 1.29 is 9.63 Å². The minimum absolute atomic E-state index is 0.261. The van der Waals surface area contributed by atoms with Crippen LogP contribution < -0.4 is 0 Å². The molecule has 1 aromatic heterocycles. The average molecular weight is 287 g/mol. The van der Waals surface area contributed by atoms with Crippen molar-refractivity contribution in [2.24, 2.45) is 5.92 Å². The summed E-state index contributed by atoms with van der Waals surface area (Å²) in [6.07, 6.45) is 2.22. The Kier molecular flexibility index (Phi) is 4.31. The Bertz CT molecular complexity index is 579. The van der Waals surface area contributed by atoms with Gasteiger partial charge in [0.2, 0.25) is 0 Å². The van der Waals surface area contributed by atoms with Gasteiger partial charge in [-0.2, -0.15) is 4.98 Å². The van der Waals surface area contributed by atoms with Gasteiger partial charge in [-0.05, 0) is 44.4 Å². The fourth-order valence-electron chi connectivity index (χ4n) is 2.78. The van der Waals surface area contributed by atoms with E-state index in [1.54, 1.807) is 0 Å². The zero-order valence-corrected chi connectivity index (χ0v) is 12.3. The van der Waals surface area contributed by atoms with Crippen LogP contribution in [0, 0.1) is 12.8 Å². The zero-order valence-electron chi connectivity index (χ0n) is 12.3. The van der Waals surface area contributed by atoms with Crippen LogP contribution in [0.15, 0.2) is 28.8 Å². The van der Waals surface area contributed by atoms with E-state index in [1.807, 2.05) is 24.3 Å². The second-order valence-corrected chi connectivity index (χ2v) is 5.81. The van der Waals surface area contributed by atoms with E-state index in [-0.39, 0.29) is 6.61 Å². The Morgan fingerprint density at radius 2 is 2.14 bits per heavy atom. The number of aromatic nitrogens is 2. The average Bonchev–Trinajstić information content (AvgIpc) is 2.96. The first-order valence-electron chi connectivity index (χ1n) is 7.47. The molecule has 1 unspecified atom stereocenters. The van der Waals surface area contributed by atoms with Gasteiger partial charge >= 0.3 is 0 Å². The molecule has 3 rings (SSSR count). The van der Waals surface area contributed by atoms with E-state index in [0.29, 0.717) is 24.2 Å². The number of hydrogen-bond donors (Lipinski definition) is 1. The van der Waals surface area contributed by atoms with Gasteiger partial charge in [-0.25, -0.2) is 0 Å². The highest BCUT2D eigenvalue weighted by Crippen LogP contribution is 2.20. The predicted octanol–water partition coefficient (Wildman–Crippen LogP) is 2.25. The van der Waals surface area contributed by atoms with Gasteiger partial charge in [0.1, 0.15) is 0 Å². The maximum Gasteiger partial charge on any atom is 0.257 e. The Labute approximate surface area is 124 Å². The van der Waals surface area contributed by atoms with Crippen molar-refractivity contribution in [3.63, 3.8) is 0 Å². The topological polar surface area (TPSA) is 62.4 Å². The van der Waals surface area contributed by atoms with Crippen LogP contribution in [0.5, 0.6) is 0 Å². The third-order valence-electron chi connectivity index (χ3n) is 3.99. The van der Waals surface area contributed by atoms with Crippen LogP contribution in [-0.4, -0.2) is 39.8 Å². The fraction of sp³-hybridized carbons (Fsp3) is 0.500. The number of rotatable bonds is 4. The van der Waals surface area contributed by atoms with Crippen LogP contribution in [0.3, 0.4) is 0 Å². The number of nitrogens with zero attached hydrogens (tertiary/aromatic N) is 3. The molecule has 5 heteroatoms. The number of aryl methyl sites for hydroxylation is 1. The van der Waals surface area contributed by atoms with E-state index in [1.165, 1.54) is 5.56 Å². The highest BCUT2D eigenvalue weighted by Gasteiger charge is 2.21. The first-order chi connectivity index (χ1) is 10.2. The largest absolute Gasteiger partial charge is 0.396 e. The molecule has 5 nitrogen and oxygen atoms in total. The maximum absolute atomic E-state index is 9.27. The van der Waals surface area contributed by atoms with Gasteiger partial charge in [-0.15, -0.1) is 0 Å². The second-order valence-electron chi connectivity index (χ2n) is 5.81. The van der Waals surface area contributed by atoms with Gasteiger partial charge < -0.3 is 9.63 Å². The van der Waals surface area contributed by atoms with Gasteiger partial charge in [0.25, 0.3) is 5.89 Å². The summed E-state index contributed by atoms with van der Waals surface area (Å²) in [6.45, 7) is 4.94. The van der Waals surface area contributed by atoms with Crippen molar-refractivity contribution in [3.05, 3.63) is 35.7 Å². The molecule has 0 spiro atoms. The molecule has 0 amide bonds. The second kappa shape index (κ2) is 6.37. The Hall–Kier alpha value is -1.72. The van der Waals surface area contributed by atoms with Crippen molar-refractivity contribution in [1.29, 1.82) is 0 Å². The molecule has 0 radical (unpaired) electrons. The van der Waals surface area contributed by atoms with Crippen LogP contribution in [0.4, 0.5) is 0 Å². The molecular weight excluding hydrogens is 266 g/mol. The monoisotopic (exact) mass is 287 g/mol. The molecule has 0 saturated carbocycles. The van der Waals surface area contributed by atoms with Crippen LogP contribution in [-0.2, 0) is 6.54 Å². The molecule has 112 valence electrons. The Morgan fingerprint density at radius 3 is 2.90 bits per heavy atom. The molecular formula is C16H21N3O2. The smallest absolute Gasteiger partial charge is 0.257 e. The normalized spacial score (nSPS) is 19.8. The lowest BCUT2D eigenvalue weighted by Gasteiger charge is -2.30. The molecule has 0 aliphatic carbocycles. The van der Waals surface area contributed by atoms with E-state index in [4.69, 9.17) is 4.52 Å². The van der Waals surface area contributed by atoms with Crippen LogP contribution >= 0.6 is 0 Å². The predicted molar refractivity (Wildman–Crippen MR) is 79.6 cm³/mol. The summed E-state index contributed by atoms with van der Waals surface area (Å²) in [5, 5.41) is 13.3. The third kappa shape index (κ3) is 3.49. The standard InChI is InChI=1S/C16H21N3O2/c1-12-4-6-14(7-5-12)16-17-15(18-21-16)10-19-8-2-3-13(9-19)11-20/h4-7,13,20H,2-3,8-11H2,1H3. The van der Waals surface area contributed by atoms with Gasteiger partial charge in [-0.3, -0.25) is 4.90 Å². The van der Waals surface area contributed by atoms with Crippen molar-refractivity contribution >= 4 is 0 Å². The molecule has 1 atom stereocenters. The molecule has 1 aliphatic rings. The molecule has 21 heavy (non-hydrogen) atoms. The molecule has 1 N–H and O–H groups in total. The zero-order chi connectivity index (χ0) is 14.7. The SMILES string of the molecule is Cc1ccc(-c2nc(CN3CCCC(CO)C3)no2)cc1. The highest BCUT2D eigenvalue weighted by molar-refractivity contribution is 5.53. The van der Waals surface area contributed by atoms with Gasteiger partial charge in [-0.1, -0.05) is 22.9 Å². The number of benzene rings is 1. The third-order valence-corrected chi connectivity index (χ3v) is 3.99. The summed E-state index contributed by atoms with van der Waals surface area (Å²) in [4.78, 5) is 6.76. The summed E-state index contributed by atoms with van der Waals surface area (Å²) in [7, 11) is 0. The number of piperidine rings is 1. The molecule has 1 aliphatic heterocycles. The molecule has 1 aromatic carbocycles. The summed E-state index contributed by atoms with van der Waals surface area (Å²) in [5.74, 6) is 1.66. The molecule has 1 fully saturated rings. The number of likely N-dealkylation sites (tertiary alicyclic amines) is 1. The van der Waals surface area contributed by atoms with E-state index in [2.05, 4.69) is 22.0 Å². The minimum Gasteiger partial charge on any atom is -0.396 e.